The van der Waals surface area contributed by atoms with Crippen LogP contribution in [0.3, 0.4) is 0 Å². The van der Waals surface area contributed by atoms with E-state index in [2.05, 4.69) is 19.1 Å². The lowest BCUT2D eigenvalue weighted by Crippen LogP contribution is -2.35. The highest BCUT2D eigenvalue weighted by Gasteiger charge is 2.39. The van der Waals surface area contributed by atoms with Gasteiger partial charge in [0, 0.05) is 17.9 Å². The second-order valence-electron chi connectivity index (χ2n) is 10.6. The standard InChI is InChI=1S/C29H38O3/c1-5-24-23(13-17(2)27(19(4)30)29(24)32)15-20-14-22-11-12-25(21-9-7-6-8-10-21)18(3)28(22)26(31)16-20/h11-12,20-21,23-24H,5-10,13-16H2,1-4H3. The Morgan fingerprint density at radius 2 is 1.72 bits per heavy atom. The Hall–Kier alpha value is -2.03. The molecule has 0 amide bonds. The topological polar surface area (TPSA) is 51.2 Å². The molecule has 4 rings (SSSR count). The summed E-state index contributed by atoms with van der Waals surface area (Å²) in [5, 5.41) is 0. The summed E-state index contributed by atoms with van der Waals surface area (Å²) in [6.07, 6.45) is 10.4. The van der Waals surface area contributed by atoms with Crippen molar-refractivity contribution in [1.82, 2.24) is 0 Å². The Kier molecular flexibility index (Phi) is 6.83. The molecular weight excluding hydrogens is 396 g/mol. The van der Waals surface area contributed by atoms with Crippen LogP contribution in [-0.4, -0.2) is 17.3 Å². The zero-order valence-corrected chi connectivity index (χ0v) is 20.3. The monoisotopic (exact) mass is 434 g/mol. The van der Waals surface area contributed by atoms with E-state index < -0.39 is 0 Å². The van der Waals surface area contributed by atoms with Gasteiger partial charge in [0.2, 0.25) is 0 Å². The molecule has 3 atom stereocenters. The third-order valence-electron chi connectivity index (χ3n) is 8.48. The largest absolute Gasteiger partial charge is 0.294 e. The highest BCUT2D eigenvalue weighted by molar-refractivity contribution is 6.21. The molecule has 1 fully saturated rings. The zero-order chi connectivity index (χ0) is 23.0. The Labute approximate surface area is 193 Å². The van der Waals surface area contributed by atoms with E-state index in [1.54, 1.807) is 0 Å². The predicted molar refractivity (Wildman–Crippen MR) is 128 cm³/mol. The fourth-order valence-electron chi connectivity index (χ4n) is 7.03. The van der Waals surface area contributed by atoms with Gasteiger partial charge in [0.05, 0.1) is 5.57 Å². The van der Waals surface area contributed by atoms with E-state index in [9.17, 15) is 14.4 Å². The van der Waals surface area contributed by atoms with Crippen LogP contribution in [0.2, 0.25) is 0 Å². The number of fused-ring (bicyclic) bond motifs is 1. The molecule has 172 valence electrons. The van der Waals surface area contributed by atoms with Gasteiger partial charge in [0.25, 0.3) is 0 Å². The molecular formula is C29H38O3. The lowest BCUT2D eigenvalue weighted by atomic mass is 9.67. The summed E-state index contributed by atoms with van der Waals surface area (Å²) in [5.74, 6) is 1.26. The van der Waals surface area contributed by atoms with Crippen molar-refractivity contribution >= 4 is 17.3 Å². The quantitative estimate of drug-likeness (QED) is 0.485. The smallest absolute Gasteiger partial charge is 0.169 e. The Morgan fingerprint density at radius 3 is 2.38 bits per heavy atom. The maximum absolute atomic E-state index is 13.3. The van der Waals surface area contributed by atoms with Crippen molar-refractivity contribution in [3.8, 4) is 0 Å². The third-order valence-corrected chi connectivity index (χ3v) is 8.48. The van der Waals surface area contributed by atoms with Gasteiger partial charge in [0.15, 0.2) is 17.3 Å². The van der Waals surface area contributed by atoms with Crippen LogP contribution in [0.4, 0.5) is 0 Å². The molecule has 1 saturated carbocycles. The van der Waals surface area contributed by atoms with E-state index in [1.807, 2.05) is 13.8 Å². The van der Waals surface area contributed by atoms with E-state index in [4.69, 9.17) is 0 Å². The number of benzene rings is 1. The molecule has 3 aliphatic rings. The molecule has 0 bridgehead atoms. The SMILES string of the molecule is CCC1C(=O)C(C(C)=O)=C(C)CC1CC1CC(=O)c2c(ccc(C3CCCCC3)c2C)C1. The fraction of sp³-hybridized carbons (Fsp3) is 0.621. The molecule has 3 heteroatoms. The maximum Gasteiger partial charge on any atom is 0.169 e. The Morgan fingerprint density at radius 1 is 1.00 bits per heavy atom. The van der Waals surface area contributed by atoms with Crippen molar-refractivity contribution in [3.05, 3.63) is 45.5 Å². The van der Waals surface area contributed by atoms with Gasteiger partial charge in [-0.3, -0.25) is 14.4 Å². The number of allylic oxidation sites excluding steroid dienone is 2. The van der Waals surface area contributed by atoms with Gasteiger partial charge in [-0.1, -0.05) is 43.9 Å². The van der Waals surface area contributed by atoms with Gasteiger partial charge in [-0.15, -0.1) is 0 Å². The zero-order valence-electron chi connectivity index (χ0n) is 20.3. The summed E-state index contributed by atoms with van der Waals surface area (Å²) in [7, 11) is 0. The number of carbonyl (C=O) groups excluding carboxylic acids is 3. The first-order valence-corrected chi connectivity index (χ1v) is 12.7. The molecule has 0 radical (unpaired) electrons. The minimum atomic E-state index is -0.101. The van der Waals surface area contributed by atoms with Crippen LogP contribution in [0.1, 0.15) is 112 Å². The Bertz CT molecular complexity index is 961. The van der Waals surface area contributed by atoms with Crippen LogP contribution in [0, 0.1) is 24.7 Å². The van der Waals surface area contributed by atoms with E-state index in [0.29, 0.717) is 23.7 Å². The van der Waals surface area contributed by atoms with E-state index in [-0.39, 0.29) is 29.3 Å². The predicted octanol–water partition coefficient (Wildman–Crippen LogP) is 6.70. The van der Waals surface area contributed by atoms with Gasteiger partial charge in [-0.25, -0.2) is 0 Å². The van der Waals surface area contributed by atoms with Crippen molar-refractivity contribution in [3.63, 3.8) is 0 Å². The van der Waals surface area contributed by atoms with Crippen molar-refractivity contribution < 1.29 is 14.4 Å². The number of Topliss-reactive ketones (excluding diaryl/α,β-unsaturated/α-hetero) is 3. The van der Waals surface area contributed by atoms with Gasteiger partial charge < -0.3 is 0 Å². The lowest BCUT2D eigenvalue weighted by Gasteiger charge is -2.35. The van der Waals surface area contributed by atoms with Gasteiger partial charge >= 0.3 is 0 Å². The van der Waals surface area contributed by atoms with Crippen molar-refractivity contribution in [2.75, 3.05) is 0 Å². The van der Waals surface area contributed by atoms with Crippen LogP contribution in [-0.2, 0) is 16.0 Å². The second-order valence-corrected chi connectivity index (χ2v) is 10.6. The molecule has 0 aliphatic heterocycles. The number of hydrogen-bond acceptors (Lipinski definition) is 3. The highest BCUT2D eigenvalue weighted by atomic mass is 16.1. The average molecular weight is 435 g/mol. The molecule has 0 spiro atoms. The molecule has 3 nitrogen and oxygen atoms in total. The van der Waals surface area contributed by atoms with Gasteiger partial charge in [0.1, 0.15) is 0 Å². The molecule has 1 aromatic rings. The van der Waals surface area contributed by atoms with Crippen LogP contribution >= 0.6 is 0 Å². The molecule has 0 heterocycles. The summed E-state index contributed by atoms with van der Waals surface area (Å²) >= 11 is 0. The van der Waals surface area contributed by atoms with Crippen LogP contribution in [0.15, 0.2) is 23.3 Å². The highest BCUT2D eigenvalue weighted by Crippen LogP contribution is 2.42. The van der Waals surface area contributed by atoms with Crippen LogP contribution in [0.25, 0.3) is 0 Å². The molecule has 0 saturated heterocycles. The number of ketones is 3. The van der Waals surface area contributed by atoms with Crippen LogP contribution in [0.5, 0.6) is 0 Å². The number of rotatable bonds is 5. The summed E-state index contributed by atoms with van der Waals surface area (Å²) in [5.41, 5.74) is 6.19. The van der Waals surface area contributed by atoms with Crippen molar-refractivity contribution in [2.45, 2.75) is 97.8 Å². The molecule has 3 unspecified atom stereocenters. The maximum atomic E-state index is 13.3. The number of carbonyl (C=O) groups is 3. The minimum Gasteiger partial charge on any atom is -0.294 e. The van der Waals surface area contributed by atoms with E-state index >= 15 is 0 Å². The average Bonchev–Trinajstić information content (AvgIpc) is 2.74. The first-order valence-electron chi connectivity index (χ1n) is 12.7. The lowest BCUT2D eigenvalue weighted by molar-refractivity contribution is -0.125. The molecule has 3 aliphatic carbocycles. The summed E-state index contributed by atoms with van der Waals surface area (Å²) in [4.78, 5) is 38.3. The van der Waals surface area contributed by atoms with E-state index in [1.165, 1.54) is 55.7 Å². The number of hydrogen-bond donors (Lipinski definition) is 0. The fourth-order valence-corrected chi connectivity index (χ4v) is 7.03. The summed E-state index contributed by atoms with van der Waals surface area (Å²) in [6.45, 7) is 7.65. The summed E-state index contributed by atoms with van der Waals surface area (Å²) < 4.78 is 0. The van der Waals surface area contributed by atoms with E-state index in [0.717, 1.165) is 36.8 Å². The first kappa shape index (κ1) is 23.1. The molecule has 0 aromatic heterocycles. The molecule has 32 heavy (non-hydrogen) atoms. The van der Waals surface area contributed by atoms with Gasteiger partial charge in [-0.05, 0) is 93.7 Å². The minimum absolute atomic E-state index is 0.0317. The van der Waals surface area contributed by atoms with Crippen molar-refractivity contribution in [1.29, 1.82) is 0 Å². The summed E-state index contributed by atoms with van der Waals surface area (Å²) in [6, 6.07) is 4.52. The molecule has 0 N–H and O–H groups in total. The second kappa shape index (κ2) is 9.45. The normalized spacial score (nSPS) is 26.9. The van der Waals surface area contributed by atoms with Gasteiger partial charge in [-0.2, -0.15) is 0 Å². The Balaban J connectivity index is 1.54. The van der Waals surface area contributed by atoms with Crippen LogP contribution < -0.4 is 0 Å². The molecule has 1 aromatic carbocycles. The first-order chi connectivity index (χ1) is 15.3. The van der Waals surface area contributed by atoms with Crippen molar-refractivity contribution in [2.24, 2.45) is 17.8 Å². The third kappa shape index (κ3) is 4.28.